The van der Waals surface area contributed by atoms with Crippen LogP contribution < -0.4 is 5.32 Å². The molecule has 3 aromatic rings. The zero-order chi connectivity index (χ0) is 21.5. The summed E-state index contributed by atoms with van der Waals surface area (Å²) in [5.41, 5.74) is 6.03. The first kappa shape index (κ1) is 20.7. The lowest BCUT2D eigenvalue weighted by molar-refractivity contribution is 0.245. The summed E-state index contributed by atoms with van der Waals surface area (Å²) in [6.45, 7) is 4.42. The molecule has 3 heterocycles. The Kier molecular flexibility index (Phi) is 5.61. The smallest absolute Gasteiger partial charge is 0.170 e. The fourth-order valence-corrected chi connectivity index (χ4v) is 6.15. The number of aromatic nitrogens is 2. The summed E-state index contributed by atoms with van der Waals surface area (Å²) < 4.78 is 3.44. The van der Waals surface area contributed by atoms with E-state index in [2.05, 4.69) is 87.0 Å². The van der Waals surface area contributed by atoms with Gasteiger partial charge < -0.3 is 14.8 Å². The minimum atomic E-state index is 0.0470. The minimum Gasteiger partial charge on any atom is -0.352 e. The quantitative estimate of drug-likeness (QED) is 0.439. The molecule has 2 aromatic heterocycles. The molecule has 1 saturated heterocycles. The Bertz CT molecular complexity index is 1100. The molecule has 5 rings (SSSR count). The van der Waals surface area contributed by atoms with Crippen molar-refractivity contribution in [2.75, 3.05) is 0 Å². The van der Waals surface area contributed by atoms with Crippen LogP contribution in [0.5, 0.6) is 0 Å². The number of aryl methyl sites for hydroxylation is 1. The third kappa shape index (κ3) is 3.70. The number of hydrogen-bond acceptors (Lipinski definition) is 2. The molecule has 0 spiro atoms. The SMILES string of the molecule is Cc1cc(C2C(c3ccccn3)NC(=S)N2C2CCCC2)c(C)n1-c1cccc(Br)c1. The summed E-state index contributed by atoms with van der Waals surface area (Å²) in [5, 5.41) is 4.49. The van der Waals surface area contributed by atoms with Gasteiger partial charge in [0, 0.05) is 33.8 Å². The van der Waals surface area contributed by atoms with Gasteiger partial charge in [0.1, 0.15) is 0 Å². The average Bonchev–Trinajstić information content (AvgIpc) is 3.46. The highest BCUT2D eigenvalue weighted by Gasteiger charge is 2.44. The van der Waals surface area contributed by atoms with Crippen molar-refractivity contribution in [1.82, 2.24) is 19.8 Å². The molecule has 0 radical (unpaired) electrons. The molecule has 1 saturated carbocycles. The lowest BCUT2D eigenvalue weighted by Crippen LogP contribution is -2.37. The third-order valence-electron chi connectivity index (χ3n) is 6.71. The van der Waals surface area contributed by atoms with Gasteiger partial charge in [-0.25, -0.2) is 0 Å². The highest BCUT2D eigenvalue weighted by molar-refractivity contribution is 9.10. The Balaban J connectivity index is 1.64. The predicted molar refractivity (Wildman–Crippen MR) is 132 cm³/mol. The summed E-state index contributed by atoms with van der Waals surface area (Å²) in [4.78, 5) is 7.18. The van der Waals surface area contributed by atoms with Crippen molar-refractivity contribution in [2.24, 2.45) is 0 Å². The van der Waals surface area contributed by atoms with Gasteiger partial charge in [-0.15, -0.1) is 0 Å². The number of benzene rings is 1. The van der Waals surface area contributed by atoms with Crippen molar-refractivity contribution >= 4 is 33.3 Å². The van der Waals surface area contributed by atoms with E-state index < -0.39 is 0 Å². The molecule has 2 fully saturated rings. The molecular formula is C25H27BrN4S. The molecular weight excluding hydrogens is 468 g/mol. The maximum absolute atomic E-state index is 5.90. The number of thiocarbonyl (C=S) groups is 1. The van der Waals surface area contributed by atoms with Crippen molar-refractivity contribution in [3.8, 4) is 5.69 Å². The molecule has 1 N–H and O–H groups in total. The molecule has 4 nitrogen and oxygen atoms in total. The Morgan fingerprint density at radius 2 is 1.87 bits per heavy atom. The van der Waals surface area contributed by atoms with Crippen molar-refractivity contribution in [3.63, 3.8) is 0 Å². The molecule has 160 valence electrons. The summed E-state index contributed by atoms with van der Waals surface area (Å²) in [6.07, 6.45) is 6.85. The maximum atomic E-state index is 5.90. The van der Waals surface area contributed by atoms with Gasteiger partial charge in [-0.3, -0.25) is 4.98 Å². The van der Waals surface area contributed by atoms with Crippen LogP contribution >= 0.6 is 28.1 Å². The van der Waals surface area contributed by atoms with E-state index in [1.54, 1.807) is 0 Å². The van der Waals surface area contributed by atoms with Crippen molar-refractivity contribution in [1.29, 1.82) is 0 Å². The van der Waals surface area contributed by atoms with Crippen LogP contribution in [0.25, 0.3) is 5.69 Å². The van der Waals surface area contributed by atoms with Gasteiger partial charge in [0.05, 0.1) is 17.8 Å². The van der Waals surface area contributed by atoms with Crippen LogP contribution in [0.4, 0.5) is 0 Å². The van der Waals surface area contributed by atoms with Crippen molar-refractivity contribution in [3.05, 3.63) is 81.8 Å². The molecule has 6 heteroatoms. The fourth-order valence-electron chi connectivity index (χ4n) is 5.37. The van der Waals surface area contributed by atoms with Gasteiger partial charge in [-0.1, -0.05) is 40.9 Å². The first-order chi connectivity index (χ1) is 15.0. The molecule has 0 amide bonds. The third-order valence-corrected chi connectivity index (χ3v) is 7.53. The van der Waals surface area contributed by atoms with E-state index in [1.807, 2.05) is 12.3 Å². The molecule has 1 aliphatic carbocycles. The average molecular weight is 495 g/mol. The topological polar surface area (TPSA) is 33.1 Å². The molecule has 1 aromatic carbocycles. The van der Waals surface area contributed by atoms with Crippen LogP contribution in [0.1, 0.15) is 60.4 Å². The Hall–Kier alpha value is -2.18. The first-order valence-electron chi connectivity index (χ1n) is 11.0. The number of pyridine rings is 1. The number of nitrogens with zero attached hydrogens (tertiary/aromatic N) is 3. The summed E-state index contributed by atoms with van der Waals surface area (Å²) in [6, 6.07) is 17.7. The van der Waals surface area contributed by atoms with Crippen LogP contribution in [0.15, 0.2) is 59.2 Å². The van der Waals surface area contributed by atoms with Crippen LogP contribution in [0, 0.1) is 13.8 Å². The van der Waals surface area contributed by atoms with E-state index in [0.717, 1.165) is 15.3 Å². The van der Waals surface area contributed by atoms with E-state index in [4.69, 9.17) is 17.2 Å². The van der Waals surface area contributed by atoms with Crippen LogP contribution in [-0.2, 0) is 0 Å². The lowest BCUT2D eigenvalue weighted by Gasteiger charge is -2.33. The van der Waals surface area contributed by atoms with Gasteiger partial charge >= 0.3 is 0 Å². The van der Waals surface area contributed by atoms with Crippen LogP contribution in [0.2, 0.25) is 0 Å². The van der Waals surface area contributed by atoms with Gasteiger partial charge in [0.15, 0.2) is 5.11 Å². The van der Waals surface area contributed by atoms with Gasteiger partial charge in [-0.05, 0) is 80.9 Å². The zero-order valence-electron chi connectivity index (χ0n) is 17.9. The summed E-state index contributed by atoms with van der Waals surface area (Å²) in [5.74, 6) is 0. The molecule has 2 atom stereocenters. The Morgan fingerprint density at radius 3 is 2.58 bits per heavy atom. The number of hydrogen-bond donors (Lipinski definition) is 1. The second kappa shape index (κ2) is 8.40. The largest absolute Gasteiger partial charge is 0.352 e. The van der Waals surface area contributed by atoms with E-state index in [0.29, 0.717) is 6.04 Å². The normalized spacial score (nSPS) is 21.6. The highest BCUT2D eigenvalue weighted by atomic mass is 79.9. The monoisotopic (exact) mass is 494 g/mol. The lowest BCUT2D eigenvalue weighted by atomic mass is 9.95. The Morgan fingerprint density at radius 1 is 1.06 bits per heavy atom. The first-order valence-corrected chi connectivity index (χ1v) is 12.2. The van der Waals surface area contributed by atoms with Gasteiger partial charge in [0.2, 0.25) is 0 Å². The van der Waals surface area contributed by atoms with Crippen LogP contribution in [-0.4, -0.2) is 25.6 Å². The Labute approximate surface area is 197 Å². The van der Waals surface area contributed by atoms with E-state index in [1.165, 1.54) is 48.3 Å². The molecule has 2 aliphatic rings. The fraction of sp³-hybridized carbons (Fsp3) is 0.360. The summed E-state index contributed by atoms with van der Waals surface area (Å²) in [7, 11) is 0. The van der Waals surface area contributed by atoms with Crippen molar-refractivity contribution < 1.29 is 0 Å². The maximum Gasteiger partial charge on any atom is 0.170 e. The van der Waals surface area contributed by atoms with E-state index in [-0.39, 0.29) is 12.1 Å². The standard InChI is InChI=1S/C25H27BrN4S/c1-16-14-21(17(2)29(16)20-11-7-8-18(26)15-20)24-23(22-12-5-6-13-27-22)28-25(31)30(24)19-9-3-4-10-19/h5-8,11-15,19,23-24H,3-4,9-10H2,1-2H3,(H,28,31). The van der Waals surface area contributed by atoms with Crippen molar-refractivity contribution in [2.45, 2.75) is 57.7 Å². The van der Waals surface area contributed by atoms with Gasteiger partial charge in [0.25, 0.3) is 0 Å². The highest BCUT2D eigenvalue weighted by Crippen LogP contribution is 2.44. The number of halogens is 1. The predicted octanol–water partition coefficient (Wildman–Crippen LogP) is 6.17. The number of rotatable bonds is 4. The number of nitrogens with one attached hydrogen (secondary N) is 1. The van der Waals surface area contributed by atoms with E-state index in [9.17, 15) is 0 Å². The molecule has 0 bridgehead atoms. The second-order valence-corrected chi connectivity index (χ2v) is 9.92. The van der Waals surface area contributed by atoms with Gasteiger partial charge in [-0.2, -0.15) is 0 Å². The second-order valence-electron chi connectivity index (χ2n) is 8.61. The molecule has 31 heavy (non-hydrogen) atoms. The minimum absolute atomic E-state index is 0.0470. The zero-order valence-corrected chi connectivity index (χ0v) is 20.3. The molecule has 1 aliphatic heterocycles. The van der Waals surface area contributed by atoms with E-state index >= 15 is 0 Å². The summed E-state index contributed by atoms with van der Waals surface area (Å²) >= 11 is 9.53. The molecule has 2 unspecified atom stereocenters. The van der Waals surface area contributed by atoms with Crippen LogP contribution in [0.3, 0.4) is 0 Å².